The highest BCUT2D eigenvalue weighted by Gasteiger charge is 2.19. The van der Waals surface area contributed by atoms with Crippen LogP contribution >= 0.6 is 0 Å². The number of aliphatic carboxylic acids is 1. The first-order valence-corrected chi connectivity index (χ1v) is 6.63. The SMILES string of the molecule is CCO[C@H](/C=C/C(=O)O)[C@H](O)c1ccc(OCCO)cc1. The Bertz CT molecular complexity index is 454. The zero-order valence-electron chi connectivity index (χ0n) is 11.8. The normalized spacial score (nSPS) is 14.0. The van der Waals surface area contributed by atoms with Crippen LogP contribution in [0.3, 0.4) is 0 Å². The average Bonchev–Trinajstić information content (AvgIpc) is 2.49. The van der Waals surface area contributed by atoms with E-state index in [-0.39, 0.29) is 13.2 Å². The first-order valence-electron chi connectivity index (χ1n) is 6.63. The van der Waals surface area contributed by atoms with E-state index >= 15 is 0 Å². The van der Waals surface area contributed by atoms with Crippen LogP contribution in [0.2, 0.25) is 0 Å². The van der Waals surface area contributed by atoms with Crippen molar-refractivity contribution in [2.75, 3.05) is 19.8 Å². The zero-order chi connectivity index (χ0) is 15.7. The summed E-state index contributed by atoms with van der Waals surface area (Å²) in [6.45, 7) is 2.24. The molecule has 0 spiro atoms. The van der Waals surface area contributed by atoms with Crippen molar-refractivity contribution in [1.29, 1.82) is 0 Å². The van der Waals surface area contributed by atoms with E-state index in [0.717, 1.165) is 6.08 Å². The molecule has 2 atom stereocenters. The lowest BCUT2D eigenvalue weighted by molar-refractivity contribution is -0.131. The second kappa shape index (κ2) is 9.12. The van der Waals surface area contributed by atoms with Gasteiger partial charge in [-0.15, -0.1) is 0 Å². The fourth-order valence-corrected chi connectivity index (χ4v) is 1.74. The number of ether oxygens (including phenoxy) is 2. The number of aliphatic hydroxyl groups excluding tert-OH is 2. The van der Waals surface area contributed by atoms with Crippen LogP contribution in [0.5, 0.6) is 5.75 Å². The highest BCUT2D eigenvalue weighted by molar-refractivity contribution is 5.79. The maximum atomic E-state index is 10.6. The maximum Gasteiger partial charge on any atom is 0.328 e. The minimum atomic E-state index is -1.10. The summed E-state index contributed by atoms with van der Waals surface area (Å²) >= 11 is 0. The Hall–Kier alpha value is -1.89. The molecule has 0 fully saturated rings. The Morgan fingerprint density at radius 1 is 1.33 bits per heavy atom. The average molecular weight is 296 g/mol. The van der Waals surface area contributed by atoms with Crippen molar-refractivity contribution in [3.05, 3.63) is 42.0 Å². The molecule has 6 nitrogen and oxygen atoms in total. The van der Waals surface area contributed by atoms with Crippen molar-refractivity contribution < 1.29 is 29.6 Å². The molecule has 1 aromatic carbocycles. The number of carbonyl (C=O) groups is 1. The topological polar surface area (TPSA) is 96.2 Å². The molecule has 1 rings (SSSR count). The minimum absolute atomic E-state index is 0.0726. The number of carboxylic acids is 1. The monoisotopic (exact) mass is 296 g/mol. The third-order valence-electron chi connectivity index (χ3n) is 2.68. The molecule has 3 N–H and O–H groups in total. The van der Waals surface area contributed by atoms with Gasteiger partial charge in [-0.3, -0.25) is 0 Å². The van der Waals surface area contributed by atoms with Gasteiger partial charge in [0.1, 0.15) is 24.6 Å². The number of benzene rings is 1. The van der Waals surface area contributed by atoms with Crippen molar-refractivity contribution in [2.45, 2.75) is 19.1 Å². The number of aliphatic hydroxyl groups is 2. The Labute approximate surface area is 123 Å². The van der Waals surface area contributed by atoms with Crippen LogP contribution in [0.25, 0.3) is 0 Å². The largest absolute Gasteiger partial charge is 0.491 e. The minimum Gasteiger partial charge on any atom is -0.491 e. The van der Waals surface area contributed by atoms with Gasteiger partial charge in [0.15, 0.2) is 0 Å². The Kier molecular flexibility index (Phi) is 7.45. The highest BCUT2D eigenvalue weighted by Crippen LogP contribution is 2.23. The second-order valence-electron chi connectivity index (χ2n) is 4.20. The van der Waals surface area contributed by atoms with E-state index in [4.69, 9.17) is 19.7 Å². The predicted molar refractivity (Wildman–Crippen MR) is 76.2 cm³/mol. The summed E-state index contributed by atoms with van der Waals surface area (Å²) in [4.78, 5) is 10.6. The maximum absolute atomic E-state index is 10.6. The zero-order valence-corrected chi connectivity index (χ0v) is 11.8. The Morgan fingerprint density at radius 2 is 2.00 bits per heavy atom. The van der Waals surface area contributed by atoms with Crippen molar-refractivity contribution in [2.24, 2.45) is 0 Å². The fraction of sp³-hybridized carbons (Fsp3) is 0.400. The smallest absolute Gasteiger partial charge is 0.328 e. The molecule has 0 amide bonds. The third kappa shape index (κ3) is 5.95. The summed E-state index contributed by atoms with van der Waals surface area (Å²) in [5.74, 6) is -0.520. The molecule has 21 heavy (non-hydrogen) atoms. The van der Waals surface area contributed by atoms with E-state index in [9.17, 15) is 9.90 Å². The molecule has 0 aliphatic heterocycles. The van der Waals surface area contributed by atoms with Gasteiger partial charge >= 0.3 is 5.97 Å². The van der Waals surface area contributed by atoms with Gasteiger partial charge < -0.3 is 24.8 Å². The lowest BCUT2D eigenvalue weighted by atomic mass is 10.0. The van der Waals surface area contributed by atoms with Crippen molar-refractivity contribution >= 4 is 5.97 Å². The molecular weight excluding hydrogens is 276 g/mol. The van der Waals surface area contributed by atoms with E-state index in [1.54, 1.807) is 31.2 Å². The van der Waals surface area contributed by atoms with Crippen molar-refractivity contribution in [3.63, 3.8) is 0 Å². The third-order valence-corrected chi connectivity index (χ3v) is 2.68. The van der Waals surface area contributed by atoms with Crippen LogP contribution in [0.1, 0.15) is 18.6 Å². The van der Waals surface area contributed by atoms with E-state index in [1.165, 1.54) is 6.08 Å². The Morgan fingerprint density at radius 3 is 2.52 bits per heavy atom. The van der Waals surface area contributed by atoms with Gasteiger partial charge in [-0.1, -0.05) is 12.1 Å². The first-order chi connectivity index (χ1) is 10.1. The molecular formula is C15H20O6. The lowest BCUT2D eigenvalue weighted by Gasteiger charge is -2.20. The van der Waals surface area contributed by atoms with Gasteiger partial charge in [0, 0.05) is 12.7 Å². The number of rotatable bonds is 9. The molecule has 0 aliphatic rings. The number of carboxylic acid groups (broad SMARTS) is 1. The van der Waals surface area contributed by atoms with Crippen LogP contribution < -0.4 is 4.74 Å². The molecule has 116 valence electrons. The van der Waals surface area contributed by atoms with Crippen LogP contribution in [0.4, 0.5) is 0 Å². The molecule has 0 saturated heterocycles. The lowest BCUT2D eigenvalue weighted by Crippen LogP contribution is -2.20. The van der Waals surface area contributed by atoms with Crippen LogP contribution in [-0.2, 0) is 9.53 Å². The van der Waals surface area contributed by atoms with E-state index in [2.05, 4.69) is 0 Å². The van der Waals surface area contributed by atoms with Gasteiger partial charge in [-0.25, -0.2) is 4.79 Å². The van der Waals surface area contributed by atoms with E-state index < -0.39 is 18.2 Å². The summed E-state index contributed by atoms with van der Waals surface area (Å²) in [6.07, 6.45) is 0.539. The van der Waals surface area contributed by atoms with Crippen molar-refractivity contribution in [3.8, 4) is 5.75 Å². The number of hydrogen-bond acceptors (Lipinski definition) is 5. The summed E-state index contributed by atoms with van der Waals surface area (Å²) in [5, 5.41) is 27.6. The van der Waals surface area contributed by atoms with E-state index in [0.29, 0.717) is 17.9 Å². The predicted octanol–water partition coefficient (Wildman–Crippen LogP) is 1.14. The quantitative estimate of drug-likeness (QED) is 0.591. The standard InChI is InChI=1S/C15H20O6/c1-2-20-13(7-8-14(17)18)15(19)11-3-5-12(6-4-11)21-10-9-16/h3-8,13,15-16,19H,2,9-10H2,1H3,(H,17,18)/b8-7+/t13-,15-/m1/s1. The van der Waals surface area contributed by atoms with E-state index in [1.807, 2.05) is 0 Å². The Balaban J connectivity index is 2.77. The summed E-state index contributed by atoms with van der Waals surface area (Å²) < 4.78 is 10.6. The van der Waals surface area contributed by atoms with Crippen LogP contribution in [0.15, 0.2) is 36.4 Å². The molecule has 0 radical (unpaired) electrons. The molecule has 6 heteroatoms. The van der Waals surface area contributed by atoms with Gasteiger partial charge in [0.05, 0.1) is 6.61 Å². The number of hydrogen-bond donors (Lipinski definition) is 3. The molecule has 0 bridgehead atoms. The van der Waals surface area contributed by atoms with Gasteiger partial charge in [-0.05, 0) is 30.7 Å². The van der Waals surface area contributed by atoms with Crippen LogP contribution in [-0.4, -0.2) is 47.2 Å². The molecule has 0 unspecified atom stereocenters. The summed E-state index contributed by atoms with van der Waals surface area (Å²) in [5.41, 5.74) is 0.583. The summed E-state index contributed by atoms with van der Waals surface area (Å²) in [7, 11) is 0. The molecule has 0 aromatic heterocycles. The van der Waals surface area contributed by atoms with Gasteiger partial charge in [0.2, 0.25) is 0 Å². The first kappa shape index (κ1) is 17.2. The van der Waals surface area contributed by atoms with Crippen LogP contribution in [0, 0.1) is 0 Å². The molecule has 0 saturated carbocycles. The summed E-state index contributed by atoms with van der Waals surface area (Å²) in [6, 6.07) is 6.66. The fourth-order valence-electron chi connectivity index (χ4n) is 1.74. The highest BCUT2D eigenvalue weighted by atomic mass is 16.5. The van der Waals surface area contributed by atoms with Gasteiger partial charge in [-0.2, -0.15) is 0 Å². The van der Waals surface area contributed by atoms with Gasteiger partial charge in [0.25, 0.3) is 0 Å². The second-order valence-corrected chi connectivity index (χ2v) is 4.20. The van der Waals surface area contributed by atoms with Crippen molar-refractivity contribution in [1.82, 2.24) is 0 Å². The molecule has 0 aliphatic carbocycles. The molecule has 1 aromatic rings. The molecule has 0 heterocycles.